The molecule has 0 aromatic heterocycles. The number of likely N-dealkylation sites (tertiary alicyclic amines) is 1. The van der Waals surface area contributed by atoms with Crippen molar-refractivity contribution >= 4 is 17.7 Å². The zero-order valence-electron chi connectivity index (χ0n) is 11.2. The van der Waals surface area contributed by atoms with E-state index in [-0.39, 0.29) is 23.6 Å². The van der Waals surface area contributed by atoms with Gasteiger partial charge in [-0.1, -0.05) is 13.8 Å². The van der Waals surface area contributed by atoms with Gasteiger partial charge in [0.15, 0.2) is 0 Å². The van der Waals surface area contributed by atoms with Crippen LogP contribution in [0.1, 0.15) is 46.0 Å². The molecular formula is C13H22N2O3. The second-order valence-corrected chi connectivity index (χ2v) is 4.80. The van der Waals surface area contributed by atoms with E-state index in [2.05, 4.69) is 5.32 Å². The predicted molar refractivity (Wildman–Crippen MR) is 67.7 cm³/mol. The Hall–Kier alpha value is -1.39. The Kier molecular flexibility index (Phi) is 5.82. The first kappa shape index (κ1) is 14.7. The minimum absolute atomic E-state index is 0.0456. The summed E-state index contributed by atoms with van der Waals surface area (Å²) in [6, 6.07) is 0. The van der Waals surface area contributed by atoms with Crippen molar-refractivity contribution in [1.29, 1.82) is 0 Å². The van der Waals surface area contributed by atoms with E-state index >= 15 is 0 Å². The number of unbranched alkanes of at least 4 members (excludes halogenated alkanes) is 1. The molecule has 18 heavy (non-hydrogen) atoms. The third-order valence-corrected chi connectivity index (χ3v) is 3.08. The van der Waals surface area contributed by atoms with Crippen LogP contribution in [0.3, 0.4) is 0 Å². The van der Waals surface area contributed by atoms with Crippen molar-refractivity contribution < 1.29 is 14.4 Å². The lowest BCUT2D eigenvalue weighted by molar-refractivity contribution is -0.139. The van der Waals surface area contributed by atoms with Gasteiger partial charge in [-0.3, -0.25) is 19.3 Å². The van der Waals surface area contributed by atoms with Crippen LogP contribution in [0.15, 0.2) is 0 Å². The van der Waals surface area contributed by atoms with E-state index in [1.54, 1.807) is 6.92 Å². The van der Waals surface area contributed by atoms with Crippen molar-refractivity contribution in [3.8, 4) is 0 Å². The van der Waals surface area contributed by atoms with Crippen LogP contribution in [-0.4, -0.2) is 35.7 Å². The minimum Gasteiger partial charge on any atom is -0.356 e. The van der Waals surface area contributed by atoms with Gasteiger partial charge < -0.3 is 5.32 Å². The van der Waals surface area contributed by atoms with Crippen LogP contribution < -0.4 is 5.32 Å². The van der Waals surface area contributed by atoms with Crippen molar-refractivity contribution in [2.45, 2.75) is 46.0 Å². The summed E-state index contributed by atoms with van der Waals surface area (Å²) < 4.78 is 0. The van der Waals surface area contributed by atoms with Crippen LogP contribution in [0, 0.1) is 5.92 Å². The maximum absolute atomic E-state index is 11.6. The van der Waals surface area contributed by atoms with Gasteiger partial charge in [0.2, 0.25) is 17.7 Å². The number of carbonyl (C=O) groups is 3. The normalized spacial score (nSPS) is 19.4. The molecule has 0 aromatic rings. The summed E-state index contributed by atoms with van der Waals surface area (Å²) in [4.78, 5) is 35.7. The molecule has 5 heteroatoms. The number of amides is 3. The van der Waals surface area contributed by atoms with E-state index in [9.17, 15) is 14.4 Å². The van der Waals surface area contributed by atoms with Gasteiger partial charge in [0.05, 0.1) is 0 Å². The second-order valence-electron chi connectivity index (χ2n) is 4.80. The van der Waals surface area contributed by atoms with Crippen molar-refractivity contribution in [1.82, 2.24) is 10.2 Å². The number of carbonyl (C=O) groups excluding carboxylic acids is 3. The number of imide groups is 1. The molecule has 0 saturated carbocycles. The van der Waals surface area contributed by atoms with Gasteiger partial charge >= 0.3 is 0 Å². The largest absolute Gasteiger partial charge is 0.356 e. The molecule has 0 aromatic carbocycles. The molecule has 0 spiro atoms. The van der Waals surface area contributed by atoms with E-state index in [0.717, 1.165) is 6.42 Å². The fourth-order valence-electron chi connectivity index (χ4n) is 1.99. The highest BCUT2D eigenvalue weighted by atomic mass is 16.2. The van der Waals surface area contributed by atoms with Crippen LogP contribution in [0.25, 0.3) is 0 Å². The molecule has 1 rings (SSSR count). The SMILES string of the molecule is CCCNC(=O)CCCCN1C(=O)CC(C)C1=O. The smallest absolute Gasteiger partial charge is 0.232 e. The lowest BCUT2D eigenvalue weighted by Crippen LogP contribution is -2.31. The van der Waals surface area contributed by atoms with Crippen LogP contribution in [0.5, 0.6) is 0 Å². The van der Waals surface area contributed by atoms with E-state index in [4.69, 9.17) is 0 Å². The molecule has 1 N–H and O–H groups in total. The lowest BCUT2D eigenvalue weighted by Gasteiger charge is -2.13. The third kappa shape index (κ3) is 4.13. The summed E-state index contributed by atoms with van der Waals surface area (Å²) in [5.41, 5.74) is 0. The van der Waals surface area contributed by atoms with Gasteiger partial charge in [0.1, 0.15) is 0 Å². The summed E-state index contributed by atoms with van der Waals surface area (Å²) in [6.45, 7) is 4.94. The molecule has 5 nitrogen and oxygen atoms in total. The molecule has 0 aliphatic carbocycles. The Morgan fingerprint density at radius 1 is 1.39 bits per heavy atom. The minimum atomic E-state index is -0.176. The molecule has 3 amide bonds. The van der Waals surface area contributed by atoms with Crippen LogP contribution in [-0.2, 0) is 14.4 Å². The monoisotopic (exact) mass is 254 g/mol. The average Bonchev–Trinajstić information content (AvgIpc) is 2.57. The molecule has 1 fully saturated rings. The highest BCUT2D eigenvalue weighted by Crippen LogP contribution is 2.19. The van der Waals surface area contributed by atoms with Gasteiger partial charge in [-0.2, -0.15) is 0 Å². The number of rotatable bonds is 7. The Morgan fingerprint density at radius 3 is 2.67 bits per heavy atom. The Morgan fingerprint density at radius 2 is 2.11 bits per heavy atom. The summed E-state index contributed by atoms with van der Waals surface area (Å²) in [7, 11) is 0. The third-order valence-electron chi connectivity index (χ3n) is 3.08. The van der Waals surface area contributed by atoms with Crippen molar-refractivity contribution in [2.24, 2.45) is 5.92 Å². The van der Waals surface area contributed by atoms with Gasteiger partial charge in [-0.15, -0.1) is 0 Å². The number of hydrogen-bond donors (Lipinski definition) is 1. The second kappa shape index (κ2) is 7.13. The van der Waals surface area contributed by atoms with Gasteiger partial charge in [-0.25, -0.2) is 0 Å². The summed E-state index contributed by atoms with van der Waals surface area (Å²) in [6.07, 6.45) is 3.13. The van der Waals surface area contributed by atoms with E-state index < -0.39 is 0 Å². The molecule has 102 valence electrons. The van der Waals surface area contributed by atoms with Crippen molar-refractivity contribution in [3.63, 3.8) is 0 Å². The Labute approximate surface area is 108 Å². The zero-order valence-corrected chi connectivity index (χ0v) is 11.2. The summed E-state index contributed by atoms with van der Waals surface area (Å²) >= 11 is 0. The fourth-order valence-corrected chi connectivity index (χ4v) is 1.99. The highest BCUT2D eigenvalue weighted by Gasteiger charge is 2.34. The predicted octanol–water partition coefficient (Wildman–Crippen LogP) is 1.08. The molecular weight excluding hydrogens is 232 g/mol. The topological polar surface area (TPSA) is 66.5 Å². The first-order chi connectivity index (χ1) is 8.56. The quantitative estimate of drug-likeness (QED) is 0.546. The van der Waals surface area contributed by atoms with E-state index in [1.807, 2.05) is 6.92 Å². The van der Waals surface area contributed by atoms with Gasteiger partial charge in [0.25, 0.3) is 0 Å². The maximum atomic E-state index is 11.6. The Bertz CT molecular complexity index is 328. The Balaban J connectivity index is 2.16. The lowest BCUT2D eigenvalue weighted by atomic mass is 10.1. The average molecular weight is 254 g/mol. The summed E-state index contributed by atoms with van der Waals surface area (Å²) in [5.74, 6) is -0.284. The standard InChI is InChI=1S/C13H22N2O3/c1-3-7-14-11(16)6-4-5-8-15-12(17)9-10(2)13(15)18/h10H,3-9H2,1-2H3,(H,14,16). The molecule has 0 radical (unpaired) electrons. The van der Waals surface area contributed by atoms with Crippen LogP contribution in [0.2, 0.25) is 0 Å². The number of nitrogens with zero attached hydrogens (tertiary/aromatic N) is 1. The molecule has 1 aliphatic heterocycles. The zero-order chi connectivity index (χ0) is 13.5. The number of hydrogen-bond acceptors (Lipinski definition) is 3. The van der Waals surface area contributed by atoms with Gasteiger partial charge in [0, 0.05) is 31.8 Å². The van der Waals surface area contributed by atoms with E-state index in [1.165, 1.54) is 4.90 Å². The molecule has 1 aliphatic rings. The first-order valence-corrected chi connectivity index (χ1v) is 6.67. The highest BCUT2D eigenvalue weighted by molar-refractivity contribution is 6.03. The molecule has 1 saturated heterocycles. The van der Waals surface area contributed by atoms with Crippen molar-refractivity contribution in [3.05, 3.63) is 0 Å². The van der Waals surface area contributed by atoms with Crippen LogP contribution in [0.4, 0.5) is 0 Å². The first-order valence-electron chi connectivity index (χ1n) is 6.67. The molecule has 1 unspecified atom stereocenters. The molecule has 0 bridgehead atoms. The number of nitrogens with one attached hydrogen (secondary N) is 1. The molecule has 1 atom stereocenters. The van der Waals surface area contributed by atoms with Crippen LogP contribution >= 0.6 is 0 Å². The molecule has 1 heterocycles. The van der Waals surface area contributed by atoms with E-state index in [0.29, 0.717) is 38.8 Å². The summed E-state index contributed by atoms with van der Waals surface area (Å²) in [5, 5.41) is 2.80. The fraction of sp³-hybridized carbons (Fsp3) is 0.769. The van der Waals surface area contributed by atoms with Gasteiger partial charge in [-0.05, 0) is 19.3 Å². The maximum Gasteiger partial charge on any atom is 0.232 e. The van der Waals surface area contributed by atoms with Crippen molar-refractivity contribution in [2.75, 3.05) is 13.1 Å².